The summed E-state index contributed by atoms with van der Waals surface area (Å²) in [7, 11) is 0. The van der Waals surface area contributed by atoms with Crippen LogP contribution in [-0.2, 0) is 6.54 Å². The molecule has 0 aliphatic rings. The second kappa shape index (κ2) is 6.69. The number of hydrogen-bond acceptors (Lipinski definition) is 2. The molecule has 1 aromatic rings. The average molecular weight is 291 g/mol. The summed E-state index contributed by atoms with van der Waals surface area (Å²) in [5.74, 6) is -0.931. The lowest BCUT2D eigenvalue weighted by Crippen LogP contribution is -2.35. The highest BCUT2D eigenvalue weighted by Gasteiger charge is 2.30. The molecule has 0 radical (unpaired) electrons. The minimum atomic E-state index is -4.30. The van der Waals surface area contributed by atoms with E-state index in [1.54, 1.807) is 6.92 Å². The monoisotopic (exact) mass is 291 g/mol. The van der Waals surface area contributed by atoms with E-state index in [0.29, 0.717) is 12.0 Å². The van der Waals surface area contributed by atoms with E-state index >= 15 is 0 Å². The first kappa shape index (κ1) is 16.4. The number of alkyl halides is 3. The largest absolute Gasteiger partial charge is 0.401 e. The van der Waals surface area contributed by atoms with E-state index in [2.05, 4.69) is 0 Å². The minimum Gasteiger partial charge on any atom is -0.384 e. The van der Waals surface area contributed by atoms with Crippen LogP contribution in [0.1, 0.15) is 24.5 Å². The van der Waals surface area contributed by atoms with Crippen molar-refractivity contribution in [3.05, 3.63) is 35.1 Å². The molecule has 0 atom stereocenters. The van der Waals surface area contributed by atoms with Crippen LogP contribution < -0.4 is 5.73 Å². The van der Waals surface area contributed by atoms with E-state index in [4.69, 9.17) is 11.1 Å². The summed E-state index contributed by atoms with van der Waals surface area (Å²) in [6, 6.07) is 3.58. The fraction of sp³-hybridized carbons (Fsp3) is 0.462. The van der Waals surface area contributed by atoms with E-state index in [9.17, 15) is 17.6 Å². The van der Waals surface area contributed by atoms with Crippen LogP contribution in [0.4, 0.5) is 17.6 Å². The van der Waals surface area contributed by atoms with Gasteiger partial charge in [0.25, 0.3) is 0 Å². The van der Waals surface area contributed by atoms with Crippen molar-refractivity contribution in [2.75, 3.05) is 13.1 Å². The number of nitrogens with zero attached hydrogens (tertiary/aromatic N) is 1. The van der Waals surface area contributed by atoms with Crippen LogP contribution in [0.3, 0.4) is 0 Å². The Kier molecular flexibility index (Phi) is 5.50. The number of benzene rings is 1. The number of hydrogen-bond donors (Lipinski definition) is 2. The Morgan fingerprint density at radius 1 is 1.35 bits per heavy atom. The lowest BCUT2D eigenvalue weighted by Gasteiger charge is -2.24. The van der Waals surface area contributed by atoms with E-state index in [1.807, 2.05) is 0 Å². The molecule has 0 aromatic heterocycles. The average Bonchev–Trinajstić information content (AvgIpc) is 2.29. The van der Waals surface area contributed by atoms with Gasteiger partial charge in [-0.05, 0) is 30.7 Å². The molecule has 20 heavy (non-hydrogen) atoms. The number of amidine groups is 1. The molecule has 3 nitrogen and oxygen atoms in total. The van der Waals surface area contributed by atoms with E-state index in [0.717, 1.165) is 12.1 Å². The Balaban J connectivity index is 2.96. The third-order valence-corrected chi connectivity index (χ3v) is 2.70. The summed E-state index contributed by atoms with van der Waals surface area (Å²) in [5.41, 5.74) is 5.88. The summed E-state index contributed by atoms with van der Waals surface area (Å²) in [6.45, 7) is 0.965. The first-order valence-electron chi connectivity index (χ1n) is 6.15. The molecule has 0 bridgehead atoms. The molecule has 0 amide bonds. The molecule has 0 spiro atoms. The summed E-state index contributed by atoms with van der Waals surface area (Å²) in [5, 5.41) is 7.37. The second-order valence-corrected chi connectivity index (χ2v) is 4.54. The molecule has 1 aromatic carbocycles. The van der Waals surface area contributed by atoms with Gasteiger partial charge < -0.3 is 5.73 Å². The van der Waals surface area contributed by atoms with Gasteiger partial charge in [0.05, 0.1) is 6.54 Å². The molecule has 0 unspecified atom stereocenters. The summed E-state index contributed by atoms with van der Waals surface area (Å²) >= 11 is 0. The second-order valence-electron chi connectivity index (χ2n) is 4.54. The van der Waals surface area contributed by atoms with E-state index in [1.165, 1.54) is 11.0 Å². The number of nitrogens with one attached hydrogen (secondary N) is 1. The van der Waals surface area contributed by atoms with Gasteiger partial charge in [-0.25, -0.2) is 4.39 Å². The minimum absolute atomic E-state index is 0.0253. The van der Waals surface area contributed by atoms with Crippen LogP contribution >= 0.6 is 0 Å². The third-order valence-electron chi connectivity index (χ3n) is 2.70. The van der Waals surface area contributed by atoms with Gasteiger partial charge in [0.1, 0.15) is 11.7 Å². The molecule has 0 heterocycles. The Bertz CT molecular complexity index is 471. The standard InChI is InChI=1S/C13H17F4N3/c1-2-5-20(8-13(15,16)17)7-9-3-4-10(14)6-11(9)12(18)19/h3-4,6H,2,5,7-8H2,1H3,(H3,18,19). The zero-order valence-corrected chi connectivity index (χ0v) is 11.1. The fourth-order valence-electron chi connectivity index (χ4n) is 1.96. The molecule has 7 heteroatoms. The van der Waals surface area contributed by atoms with Crippen LogP contribution in [0.15, 0.2) is 18.2 Å². The Hall–Kier alpha value is -1.63. The molecule has 0 aliphatic carbocycles. The van der Waals surface area contributed by atoms with Crippen molar-refractivity contribution in [1.29, 1.82) is 5.41 Å². The SMILES string of the molecule is CCCN(Cc1ccc(F)cc1C(=N)N)CC(F)(F)F. The first-order chi connectivity index (χ1) is 9.23. The lowest BCUT2D eigenvalue weighted by molar-refractivity contribution is -0.147. The predicted octanol–water partition coefficient (Wildman–Crippen LogP) is 2.88. The van der Waals surface area contributed by atoms with Gasteiger partial charge in [0.2, 0.25) is 0 Å². The first-order valence-corrected chi connectivity index (χ1v) is 6.15. The maximum atomic E-state index is 13.1. The van der Waals surface area contributed by atoms with Crippen LogP contribution in [-0.4, -0.2) is 30.0 Å². The maximum absolute atomic E-state index is 13.1. The van der Waals surface area contributed by atoms with Crippen molar-refractivity contribution in [2.24, 2.45) is 5.73 Å². The van der Waals surface area contributed by atoms with Gasteiger partial charge in [0, 0.05) is 12.1 Å². The van der Waals surface area contributed by atoms with Crippen LogP contribution in [0, 0.1) is 11.2 Å². The summed E-state index contributed by atoms with van der Waals surface area (Å²) in [6.07, 6.45) is -3.74. The number of nitrogens with two attached hydrogens (primary N) is 1. The molecule has 0 saturated carbocycles. The molecule has 1 rings (SSSR count). The van der Waals surface area contributed by atoms with Crippen molar-refractivity contribution in [1.82, 2.24) is 4.90 Å². The lowest BCUT2D eigenvalue weighted by atomic mass is 10.1. The molecule has 0 fully saturated rings. The molecular formula is C13H17F4N3. The summed E-state index contributed by atoms with van der Waals surface area (Å²) < 4.78 is 50.6. The van der Waals surface area contributed by atoms with Gasteiger partial charge in [0.15, 0.2) is 0 Å². The zero-order chi connectivity index (χ0) is 15.3. The fourth-order valence-corrected chi connectivity index (χ4v) is 1.96. The van der Waals surface area contributed by atoms with Crippen molar-refractivity contribution in [2.45, 2.75) is 26.1 Å². The van der Waals surface area contributed by atoms with Crippen LogP contribution in [0.25, 0.3) is 0 Å². The quantitative estimate of drug-likeness (QED) is 0.481. The number of halogens is 4. The smallest absolute Gasteiger partial charge is 0.384 e. The Morgan fingerprint density at radius 3 is 2.50 bits per heavy atom. The van der Waals surface area contributed by atoms with Crippen molar-refractivity contribution in [3.8, 4) is 0 Å². The zero-order valence-electron chi connectivity index (χ0n) is 11.1. The molecule has 0 aliphatic heterocycles. The van der Waals surface area contributed by atoms with Crippen molar-refractivity contribution in [3.63, 3.8) is 0 Å². The molecular weight excluding hydrogens is 274 g/mol. The van der Waals surface area contributed by atoms with E-state index in [-0.39, 0.29) is 24.5 Å². The van der Waals surface area contributed by atoms with Crippen molar-refractivity contribution < 1.29 is 17.6 Å². The maximum Gasteiger partial charge on any atom is 0.401 e. The van der Waals surface area contributed by atoms with E-state index < -0.39 is 18.5 Å². The molecule has 112 valence electrons. The highest BCUT2D eigenvalue weighted by atomic mass is 19.4. The van der Waals surface area contributed by atoms with Crippen LogP contribution in [0.5, 0.6) is 0 Å². The highest BCUT2D eigenvalue weighted by Crippen LogP contribution is 2.20. The normalized spacial score (nSPS) is 11.9. The van der Waals surface area contributed by atoms with Gasteiger partial charge >= 0.3 is 6.18 Å². The Morgan fingerprint density at radius 2 is 2.00 bits per heavy atom. The third kappa shape index (κ3) is 5.16. The van der Waals surface area contributed by atoms with Gasteiger partial charge in [-0.1, -0.05) is 13.0 Å². The van der Waals surface area contributed by atoms with Crippen LogP contribution in [0.2, 0.25) is 0 Å². The molecule has 0 saturated heterocycles. The van der Waals surface area contributed by atoms with Gasteiger partial charge in [-0.2, -0.15) is 13.2 Å². The van der Waals surface area contributed by atoms with Crippen molar-refractivity contribution >= 4 is 5.84 Å². The highest BCUT2D eigenvalue weighted by molar-refractivity contribution is 5.96. The predicted molar refractivity (Wildman–Crippen MR) is 69.0 cm³/mol. The molecule has 3 N–H and O–H groups in total. The number of nitrogen functional groups attached to an aromatic ring is 1. The van der Waals surface area contributed by atoms with Gasteiger partial charge in [-0.15, -0.1) is 0 Å². The topological polar surface area (TPSA) is 53.1 Å². The number of rotatable bonds is 6. The Labute approximate surface area is 114 Å². The summed E-state index contributed by atoms with van der Waals surface area (Å²) in [4.78, 5) is 1.21. The van der Waals surface area contributed by atoms with Gasteiger partial charge in [-0.3, -0.25) is 10.3 Å².